The molecule has 2 heterocycles. The van der Waals surface area contributed by atoms with Crippen molar-refractivity contribution >= 4 is 32.3 Å². The van der Waals surface area contributed by atoms with Crippen LogP contribution in [0.4, 0.5) is 11.4 Å². The zero-order valence-electron chi connectivity index (χ0n) is 20.6. The van der Waals surface area contributed by atoms with E-state index in [1.54, 1.807) is 23.8 Å². The quantitative estimate of drug-likeness (QED) is 0.507. The molecule has 0 saturated carbocycles. The van der Waals surface area contributed by atoms with E-state index in [1.165, 1.54) is 0 Å². The highest BCUT2D eigenvalue weighted by Gasteiger charge is 2.21. The number of anilines is 2. The van der Waals surface area contributed by atoms with Gasteiger partial charge in [0.1, 0.15) is 5.82 Å². The highest BCUT2D eigenvalue weighted by atomic mass is 32.2. The van der Waals surface area contributed by atoms with Gasteiger partial charge in [0.25, 0.3) is 5.56 Å². The Morgan fingerprint density at radius 1 is 1.20 bits per heavy atom. The third-order valence-corrected chi connectivity index (χ3v) is 6.84. The molecule has 1 aliphatic heterocycles. The molecule has 10 heteroatoms. The number of hydrogen-bond acceptors (Lipinski definition) is 7. The van der Waals surface area contributed by atoms with Gasteiger partial charge in [0.15, 0.2) is 0 Å². The molecule has 35 heavy (non-hydrogen) atoms. The zero-order valence-corrected chi connectivity index (χ0v) is 21.4. The van der Waals surface area contributed by atoms with E-state index in [0.717, 1.165) is 36.2 Å². The Labute approximate surface area is 205 Å². The van der Waals surface area contributed by atoms with Gasteiger partial charge in [-0.1, -0.05) is 6.07 Å². The van der Waals surface area contributed by atoms with Crippen molar-refractivity contribution in [1.29, 1.82) is 0 Å². The molecule has 0 amide bonds. The first-order valence-corrected chi connectivity index (χ1v) is 13.5. The van der Waals surface area contributed by atoms with Crippen molar-refractivity contribution < 1.29 is 17.9 Å². The van der Waals surface area contributed by atoms with E-state index < -0.39 is 10.0 Å². The number of rotatable bonds is 8. The number of fused-ring (bicyclic) bond motifs is 1. The Kier molecular flexibility index (Phi) is 7.44. The fourth-order valence-corrected chi connectivity index (χ4v) is 5.06. The molecular formula is C25H32N4O5S. The van der Waals surface area contributed by atoms with Crippen molar-refractivity contribution in [2.45, 2.75) is 32.9 Å². The Hall–Kier alpha value is -2.95. The lowest BCUT2D eigenvalue weighted by atomic mass is 10.0. The number of aromatic nitrogens is 2. The molecule has 0 aliphatic carbocycles. The van der Waals surface area contributed by atoms with Crippen LogP contribution in [0.5, 0.6) is 0 Å². The number of aryl methyl sites for hydroxylation is 3. The summed E-state index contributed by atoms with van der Waals surface area (Å²) in [6.07, 6.45) is 1.78. The molecule has 4 rings (SSSR count). The molecule has 0 spiro atoms. The summed E-state index contributed by atoms with van der Waals surface area (Å²) in [5, 5.41) is 0.588. The van der Waals surface area contributed by atoms with Crippen LogP contribution < -0.4 is 15.2 Å². The van der Waals surface area contributed by atoms with E-state index in [0.29, 0.717) is 48.6 Å². The number of benzene rings is 2. The van der Waals surface area contributed by atoms with Gasteiger partial charge in [0.05, 0.1) is 36.5 Å². The summed E-state index contributed by atoms with van der Waals surface area (Å²) in [4.78, 5) is 20.3. The van der Waals surface area contributed by atoms with Gasteiger partial charge in [0, 0.05) is 38.1 Å². The van der Waals surface area contributed by atoms with Crippen LogP contribution in [-0.2, 0) is 32.5 Å². The first-order chi connectivity index (χ1) is 16.6. The van der Waals surface area contributed by atoms with Gasteiger partial charge in [-0.15, -0.1) is 0 Å². The molecule has 1 N–H and O–H groups in total. The minimum absolute atomic E-state index is 0.0202. The van der Waals surface area contributed by atoms with Gasteiger partial charge >= 0.3 is 0 Å². The summed E-state index contributed by atoms with van der Waals surface area (Å²) in [6.45, 7) is 6.95. The van der Waals surface area contributed by atoms with Gasteiger partial charge in [-0.2, -0.15) is 0 Å². The minimum Gasteiger partial charge on any atom is -0.382 e. The lowest BCUT2D eigenvalue weighted by Crippen LogP contribution is -2.44. The summed E-state index contributed by atoms with van der Waals surface area (Å²) >= 11 is 0. The van der Waals surface area contributed by atoms with Crippen LogP contribution in [0.1, 0.15) is 17.0 Å². The van der Waals surface area contributed by atoms with Crippen molar-refractivity contribution in [3.63, 3.8) is 0 Å². The van der Waals surface area contributed by atoms with E-state index >= 15 is 0 Å². The molecule has 0 radical (unpaired) electrons. The highest BCUT2D eigenvalue weighted by molar-refractivity contribution is 7.92. The molecule has 1 aliphatic rings. The number of hydrogen-bond donors (Lipinski definition) is 1. The van der Waals surface area contributed by atoms with Crippen molar-refractivity contribution in [2.75, 3.05) is 49.3 Å². The predicted molar refractivity (Wildman–Crippen MR) is 138 cm³/mol. The van der Waals surface area contributed by atoms with Crippen molar-refractivity contribution in [3.8, 4) is 0 Å². The van der Waals surface area contributed by atoms with E-state index in [4.69, 9.17) is 14.5 Å². The monoisotopic (exact) mass is 500 g/mol. The fraction of sp³-hybridized carbons (Fsp3) is 0.440. The van der Waals surface area contributed by atoms with Crippen molar-refractivity contribution in [3.05, 3.63) is 63.7 Å². The van der Waals surface area contributed by atoms with Crippen molar-refractivity contribution in [1.82, 2.24) is 9.55 Å². The normalized spacial score (nSPS) is 16.6. The molecule has 188 valence electrons. The van der Waals surface area contributed by atoms with E-state index in [9.17, 15) is 13.2 Å². The lowest BCUT2D eigenvalue weighted by Gasteiger charge is -2.34. The second-order valence-corrected chi connectivity index (χ2v) is 10.7. The van der Waals surface area contributed by atoms with Crippen LogP contribution in [0.3, 0.4) is 0 Å². The maximum atomic E-state index is 13.3. The number of ether oxygens (including phenoxy) is 2. The van der Waals surface area contributed by atoms with Gasteiger partial charge in [-0.05, 0) is 61.7 Å². The van der Waals surface area contributed by atoms with Gasteiger partial charge in [-0.25, -0.2) is 13.4 Å². The zero-order chi connectivity index (χ0) is 25.2. The molecule has 9 nitrogen and oxygen atoms in total. The molecular weight excluding hydrogens is 468 g/mol. The minimum atomic E-state index is -3.33. The molecule has 1 fully saturated rings. The van der Waals surface area contributed by atoms with Crippen LogP contribution in [0, 0.1) is 13.8 Å². The van der Waals surface area contributed by atoms with E-state index in [-0.39, 0.29) is 11.7 Å². The molecule has 0 bridgehead atoms. The number of nitrogens with zero attached hydrogens (tertiary/aromatic N) is 3. The second-order valence-electron chi connectivity index (χ2n) is 8.98. The highest BCUT2D eigenvalue weighted by Crippen LogP contribution is 2.22. The molecule has 0 unspecified atom stereocenters. The standard InChI is InChI=1S/C25H32N4O5S/c1-17-13-20(27-35(4,31)32)6-5-19(17)9-10-29-18(2)26-24-14-21(7-8-23(24)25(29)30)28-11-12-34-22(15-28)16-33-3/h5-8,13-14,22,27H,9-12,15-16H2,1-4H3/t22-/m1/s1. The topological polar surface area (TPSA) is 103 Å². The van der Waals surface area contributed by atoms with Crippen LogP contribution in [0.2, 0.25) is 0 Å². The SMILES string of the molecule is COC[C@H]1CN(c2ccc3c(=O)n(CCc4ccc(NS(C)(=O)=O)cc4C)c(C)nc3c2)CCO1. The smallest absolute Gasteiger partial charge is 0.261 e. The third-order valence-electron chi connectivity index (χ3n) is 6.24. The number of morpholine rings is 1. The fourth-order valence-electron chi connectivity index (χ4n) is 4.51. The average Bonchev–Trinajstić information content (AvgIpc) is 2.79. The van der Waals surface area contributed by atoms with Gasteiger partial charge in [-0.3, -0.25) is 14.1 Å². The molecule has 1 saturated heterocycles. The van der Waals surface area contributed by atoms with Gasteiger partial charge < -0.3 is 14.4 Å². The van der Waals surface area contributed by atoms with Crippen LogP contribution in [-0.4, -0.2) is 63.7 Å². The summed E-state index contributed by atoms with van der Waals surface area (Å²) in [5.41, 5.74) is 4.17. The van der Waals surface area contributed by atoms with Crippen LogP contribution in [0.15, 0.2) is 41.2 Å². The summed E-state index contributed by atoms with van der Waals surface area (Å²) in [5.74, 6) is 0.659. The Morgan fingerprint density at radius 2 is 2.00 bits per heavy atom. The largest absolute Gasteiger partial charge is 0.382 e. The predicted octanol–water partition coefficient (Wildman–Crippen LogP) is 2.48. The second kappa shape index (κ2) is 10.3. The third kappa shape index (κ3) is 6.01. The molecule has 2 aromatic carbocycles. The molecule has 1 atom stereocenters. The van der Waals surface area contributed by atoms with Gasteiger partial charge in [0.2, 0.25) is 10.0 Å². The van der Waals surface area contributed by atoms with E-state index in [2.05, 4.69) is 9.62 Å². The summed E-state index contributed by atoms with van der Waals surface area (Å²) < 4.78 is 38.1. The average molecular weight is 501 g/mol. The summed E-state index contributed by atoms with van der Waals surface area (Å²) in [7, 11) is -1.66. The van der Waals surface area contributed by atoms with Crippen LogP contribution in [0.25, 0.3) is 10.9 Å². The number of methoxy groups -OCH3 is 1. The summed E-state index contributed by atoms with van der Waals surface area (Å²) in [6, 6.07) is 11.2. The first kappa shape index (κ1) is 25.2. The maximum Gasteiger partial charge on any atom is 0.261 e. The van der Waals surface area contributed by atoms with E-state index in [1.807, 2.05) is 38.1 Å². The Bertz CT molecular complexity index is 1380. The maximum absolute atomic E-state index is 13.3. The first-order valence-electron chi connectivity index (χ1n) is 11.6. The lowest BCUT2D eigenvalue weighted by molar-refractivity contribution is -0.0100. The Morgan fingerprint density at radius 3 is 2.71 bits per heavy atom. The Balaban J connectivity index is 1.54. The molecule has 3 aromatic rings. The number of nitrogens with one attached hydrogen (secondary N) is 1. The number of sulfonamides is 1. The molecule has 1 aromatic heterocycles. The van der Waals surface area contributed by atoms with Crippen LogP contribution >= 0.6 is 0 Å². The van der Waals surface area contributed by atoms with Crippen molar-refractivity contribution in [2.24, 2.45) is 0 Å².